The first-order chi connectivity index (χ1) is 7.95. The predicted molar refractivity (Wildman–Crippen MR) is 67.5 cm³/mol. The van der Waals surface area contributed by atoms with Crippen molar-refractivity contribution in [2.45, 2.75) is 58.0 Å². The van der Waals surface area contributed by atoms with Crippen LogP contribution in [0.15, 0.2) is 0 Å². The van der Waals surface area contributed by atoms with E-state index in [0.29, 0.717) is 0 Å². The third kappa shape index (κ3) is 3.45. The first-order valence-electron chi connectivity index (χ1n) is 6.49. The van der Waals surface area contributed by atoms with Crippen LogP contribution in [0.4, 0.5) is 0 Å². The maximum absolute atomic E-state index is 12.0. The molecule has 1 aliphatic carbocycles. The zero-order valence-corrected chi connectivity index (χ0v) is 11.4. The molecule has 0 aromatic heterocycles. The first kappa shape index (κ1) is 14.0. The van der Waals surface area contributed by atoms with Gasteiger partial charge in [0.25, 0.3) is 0 Å². The van der Waals surface area contributed by atoms with Crippen molar-refractivity contribution in [3.63, 3.8) is 0 Å². The molecule has 0 N–H and O–H groups in total. The Balaban J connectivity index is 2.59. The summed E-state index contributed by atoms with van der Waals surface area (Å²) in [4.78, 5) is 27.1. The summed E-state index contributed by atoms with van der Waals surface area (Å²) in [5.41, 5.74) is 0. The molecule has 1 rings (SSSR count). The third-order valence-electron chi connectivity index (χ3n) is 3.72. The van der Waals surface area contributed by atoms with Gasteiger partial charge in [-0.05, 0) is 26.7 Å². The maximum Gasteiger partial charge on any atom is 0.312 e. The van der Waals surface area contributed by atoms with E-state index in [1.807, 2.05) is 13.8 Å². The Kier molecular flexibility index (Phi) is 4.97. The summed E-state index contributed by atoms with van der Waals surface area (Å²) in [5, 5.41) is 0. The van der Waals surface area contributed by atoms with Crippen LogP contribution >= 0.6 is 0 Å². The highest BCUT2D eigenvalue weighted by Gasteiger charge is 2.29. The zero-order chi connectivity index (χ0) is 13.0. The summed E-state index contributed by atoms with van der Waals surface area (Å²) < 4.78 is 0. The van der Waals surface area contributed by atoms with E-state index in [1.54, 1.807) is 19.0 Å². The predicted octanol–water partition coefficient (Wildman–Crippen LogP) is 1.64. The summed E-state index contributed by atoms with van der Waals surface area (Å²) in [5.74, 6) is -0.763. The quantitative estimate of drug-likeness (QED) is 0.689. The third-order valence-corrected chi connectivity index (χ3v) is 3.72. The van der Waals surface area contributed by atoms with Gasteiger partial charge in [-0.15, -0.1) is 0 Å². The van der Waals surface area contributed by atoms with Crippen molar-refractivity contribution in [3.8, 4) is 0 Å². The normalized spacial score (nSPS) is 17.0. The fourth-order valence-corrected chi connectivity index (χ4v) is 2.17. The van der Waals surface area contributed by atoms with E-state index < -0.39 is 5.91 Å². The fourth-order valence-electron chi connectivity index (χ4n) is 2.17. The van der Waals surface area contributed by atoms with Gasteiger partial charge in [-0.25, -0.2) is 0 Å². The van der Waals surface area contributed by atoms with Gasteiger partial charge >= 0.3 is 11.8 Å². The molecule has 0 unspecified atom stereocenters. The van der Waals surface area contributed by atoms with E-state index in [-0.39, 0.29) is 18.0 Å². The van der Waals surface area contributed by atoms with Crippen molar-refractivity contribution in [2.75, 3.05) is 14.1 Å². The molecular formula is C13H24N2O2. The highest BCUT2D eigenvalue weighted by Crippen LogP contribution is 2.21. The smallest absolute Gasteiger partial charge is 0.312 e. The van der Waals surface area contributed by atoms with Gasteiger partial charge in [0.05, 0.1) is 0 Å². The number of hydrogen-bond acceptors (Lipinski definition) is 2. The van der Waals surface area contributed by atoms with Gasteiger partial charge in [-0.1, -0.05) is 19.3 Å². The minimum absolute atomic E-state index is 0.0613. The van der Waals surface area contributed by atoms with E-state index in [0.717, 1.165) is 25.7 Å². The fraction of sp³-hybridized carbons (Fsp3) is 0.846. The molecule has 1 fully saturated rings. The molecule has 0 bridgehead atoms. The highest BCUT2D eigenvalue weighted by molar-refractivity contribution is 6.34. The number of hydrogen-bond donors (Lipinski definition) is 0. The van der Waals surface area contributed by atoms with E-state index in [2.05, 4.69) is 0 Å². The number of carbonyl (C=O) groups is 2. The number of likely N-dealkylation sites (N-methyl/N-ethyl adjacent to an activating group) is 2. The molecule has 0 aromatic carbocycles. The Hall–Kier alpha value is -1.06. The average molecular weight is 240 g/mol. The summed E-state index contributed by atoms with van der Waals surface area (Å²) in [7, 11) is 3.43. The standard InChI is InChI=1S/C13H24N2O2/c1-10(2)14(3)12(16)13(17)15(4)11-8-6-5-7-9-11/h10-11H,5-9H2,1-4H3. The number of amides is 2. The molecule has 1 aliphatic rings. The van der Waals surface area contributed by atoms with Crippen LogP contribution in [0.2, 0.25) is 0 Å². The van der Waals surface area contributed by atoms with Crippen molar-refractivity contribution >= 4 is 11.8 Å². The molecule has 1 saturated carbocycles. The lowest BCUT2D eigenvalue weighted by atomic mass is 9.94. The largest absolute Gasteiger partial charge is 0.335 e. The molecule has 2 amide bonds. The monoisotopic (exact) mass is 240 g/mol. The van der Waals surface area contributed by atoms with E-state index in [4.69, 9.17) is 0 Å². The molecule has 0 aliphatic heterocycles. The van der Waals surface area contributed by atoms with E-state index in [9.17, 15) is 9.59 Å². The lowest BCUT2D eigenvalue weighted by molar-refractivity contribution is -0.152. The molecule has 0 atom stereocenters. The zero-order valence-electron chi connectivity index (χ0n) is 11.4. The SMILES string of the molecule is CC(C)N(C)C(=O)C(=O)N(C)C1CCCCC1. The van der Waals surface area contributed by atoms with E-state index in [1.165, 1.54) is 11.3 Å². The van der Waals surface area contributed by atoms with Crippen LogP contribution in [-0.2, 0) is 9.59 Å². The molecule has 0 saturated heterocycles. The van der Waals surface area contributed by atoms with Crippen LogP contribution in [-0.4, -0.2) is 47.8 Å². The molecule has 4 heteroatoms. The van der Waals surface area contributed by atoms with Gasteiger partial charge in [0.1, 0.15) is 0 Å². The molecule has 4 nitrogen and oxygen atoms in total. The minimum atomic E-state index is -0.395. The molecule has 0 aromatic rings. The number of nitrogens with zero attached hydrogens (tertiary/aromatic N) is 2. The van der Waals surface area contributed by atoms with E-state index >= 15 is 0 Å². The molecule has 98 valence electrons. The van der Waals surface area contributed by atoms with Crippen molar-refractivity contribution < 1.29 is 9.59 Å². The molecule has 0 spiro atoms. The Morgan fingerprint density at radius 1 is 1.00 bits per heavy atom. The lowest BCUT2D eigenvalue weighted by Crippen LogP contribution is -2.48. The van der Waals surface area contributed by atoms with Gasteiger partial charge in [-0.3, -0.25) is 9.59 Å². The van der Waals surface area contributed by atoms with Crippen molar-refractivity contribution in [2.24, 2.45) is 0 Å². The second kappa shape index (κ2) is 6.03. The Labute approximate surface area is 104 Å². The van der Waals surface area contributed by atoms with Gasteiger partial charge < -0.3 is 9.80 Å². The van der Waals surface area contributed by atoms with Crippen LogP contribution in [0, 0.1) is 0 Å². The van der Waals surface area contributed by atoms with Gasteiger partial charge in [0.2, 0.25) is 0 Å². The molecular weight excluding hydrogens is 216 g/mol. The Morgan fingerprint density at radius 2 is 1.53 bits per heavy atom. The summed E-state index contributed by atoms with van der Waals surface area (Å²) in [6.45, 7) is 3.82. The molecule has 0 radical (unpaired) electrons. The summed E-state index contributed by atoms with van der Waals surface area (Å²) in [6.07, 6.45) is 5.63. The summed E-state index contributed by atoms with van der Waals surface area (Å²) in [6, 6.07) is 0.312. The molecule has 17 heavy (non-hydrogen) atoms. The van der Waals surface area contributed by atoms with Crippen LogP contribution < -0.4 is 0 Å². The second-order valence-corrected chi connectivity index (χ2v) is 5.22. The van der Waals surface area contributed by atoms with Crippen LogP contribution in [0.25, 0.3) is 0 Å². The Bertz CT molecular complexity index is 283. The van der Waals surface area contributed by atoms with Gasteiger partial charge in [0, 0.05) is 26.2 Å². The number of rotatable bonds is 2. The highest BCUT2D eigenvalue weighted by atomic mass is 16.2. The van der Waals surface area contributed by atoms with Crippen LogP contribution in [0.1, 0.15) is 46.0 Å². The van der Waals surface area contributed by atoms with Crippen molar-refractivity contribution in [1.82, 2.24) is 9.80 Å². The maximum atomic E-state index is 12.0. The minimum Gasteiger partial charge on any atom is -0.335 e. The molecule has 0 heterocycles. The van der Waals surface area contributed by atoms with Crippen molar-refractivity contribution in [1.29, 1.82) is 0 Å². The van der Waals surface area contributed by atoms with Crippen LogP contribution in [0.3, 0.4) is 0 Å². The second-order valence-electron chi connectivity index (χ2n) is 5.22. The lowest BCUT2D eigenvalue weighted by Gasteiger charge is -2.32. The summed E-state index contributed by atoms with van der Waals surface area (Å²) >= 11 is 0. The Morgan fingerprint density at radius 3 is 2.00 bits per heavy atom. The van der Waals surface area contributed by atoms with Gasteiger partial charge in [-0.2, -0.15) is 0 Å². The average Bonchev–Trinajstić information content (AvgIpc) is 2.36. The van der Waals surface area contributed by atoms with Gasteiger partial charge in [0.15, 0.2) is 0 Å². The first-order valence-corrected chi connectivity index (χ1v) is 6.49. The van der Waals surface area contributed by atoms with Crippen LogP contribution in [0.5, 0.6) is 0 Å². The topological polar surface area (TPSA) is 40.6 Å². The van der Waals surface area contributed by atoms with Crippen molar-refractivity contribution in [3.05, 3.63) is 0 Å². The number of carbonyl (C=O) groups excluding carboxylic acids is 2.